The van der Waals surface area contributed by atoms with E-state index in [1.165, 1.54) is 35.2 Å². The summed E-state index contributed by atoms with van der Waals surface area (Å²) in [4.78, 5) is 29.6. The lowest BCUT2D eigenvalue weighted by molar-refractivity contribution is -0.140. The lowest BCUT2D eigenvalue weighted by Crippen LogP contribution is -2.53. The van der Waals surface area contributed by atoms with E-state index in [4.69, 9.17) is 27.9 Å². The third-order valence-corrected chi connectivity index (χ3v) is 9.41. The summed E-state index contributed by atoms with van der Waals surface area (Å²) in [7, 11) is -2.74. The van der Waals surface area contributed by atoms with E-state index in [9.17, 15) is 18.0 Å². The van der Waals surface area contributed by atoms with Crippen molar-refractivity contribution in [1.29, 1.82) is 0 Å². The van der Waals surface area contributed by atoms with Crippen LogP contribution in [0, 0.1) is 0 Å². The molecule has 4 aromatic rings. The number of benzene rings is 4. The Morgan fingerprint density at radius 1 is 0.867 bits per heavy atom. The minimum Gasteiger partial charge on any atom is -0.497 e. The summed E-state index contributed by atoms with van der Waals surface area (Å²) in [5, 5.41) is 3.29. The smallest absolute Gasteiger partial charge is 0.264 e. The third-order valence-electron chi connectivity index (χ3n) is 7.10. The molecule has 1 unspecified atom stereocenters. The van der Waals surface area contributed by atoms with Gasteiger partial charge in [0.2, 0.25) is 11.8 Å². The molecule has 0 aliphatic heterocycles. The molecule has 0 saturated carbocycles. The number of amides is 2. The minimum absolute atomic E-state index is 0.0145. The van der Waals surface area contributed by atoms with E-state index in [2.05, 4.69) is 5.32 Å². The second-order valence-electron chi connectivity index (χ2n) is 10.3. The van der Waals surface area contributed by atoms with Crippen molar-refractivity contribution in [1.82, 2.24) is 10.2 Å². The van der Waals surface area contributed by atoms with Gasteiger partial charge in [-0.2, -0.15) is 0 Å². The van der Waals surface area contributed by atoms with E-state index in [0.717, 1.165) is 9.87 Å². The van der Waals surface area contributed by atoms with Gasteiger partial charge in [-0.25, -0.2) is 8.42 Å². The standard InChI is InChI=1S/C34H35Cl2N3O5S/c1-3-19-37-34(41)32(21-25-11-6-4-7-12-25)38(23-26-13-10-14-28(20-26)44-2)33(40)24-39(31-18-17-27(35)22-30(31)36)45(42,43)29-15-8-5-9-16-29/h4-18,20,22,32H,3,19,21,23-24H2,1-2H3,(H,37,41). The molecule has 0 spiro atoms. The Hall–Kier alpha value is -4.05. The highest BCUT2D eigenvalue weighted by molar-refractivity contribution is 7.92. The molecular weight excluding hydrogens is 633 g/mol. The quantitative estimate of drug-likeness (QED) is 0.169. The first kappa shape index (κ1) is 33.8. The molecule has 0 radical (unpaired) electrons. The molecule has 0 heterocycles. The zero-order chi connectivity index (χ0) is 32.4. The van der Waals surface area contributed by atoms with Crippen LogP contribution in [0.2, 0.25) is 10.0 Å². The van der Waals surface area contributed by atoms with Crippen LogP contribution in [-0.4, -0.2) is 51.4 Å². The number of methoxy groups -OCH3 is 1. The zero-order valence-electron chi connectivity index (χ0n) is 25.0. The summed E-state index contributed by atoms with van der Waals surface area (Å²) in [6.45, 7) is 1.74. The first-order valence-electron chi connectivity index (χ1n) is 14.4. The molecule has 0 aliphatic carbocycles. The fourth-order valence-corrected chi connectivity index (χ4v) is 6.82. The molecule has 1 atom stereocenters. The number of anilines is 1. The van der Waals surface area contributed by atoms with Gasteiger partial charge in [0.15, 0.2) is 0 Å². The third kappa shape index (κ3) is 8.78. The molecule has 0 aliphatic rings. The van der Waals surface area contributed by atoms with Gasteiger partial charge >= 0.3 is 0 Å². The van der Waals surface area contributed by atoms with Gasteiger partial charge < -0.3 is 15.0 Å². The van der Waals surface area contributed by atoms with Crippen molar-refractivity contribution in [2.45, 2.75) is 37.2 Å². The van der Waals surface area contributed by atoms with Gasteiger partial charge in [-0.05, 0) is 60.0 Å². The maximum absolute atomic E-state index is 14.5. The van der Waals surface area contributed by atoms with Crippen LogP contribution in [0.1, 0.15) is 24.5 Å². The topological polar surface area (TPSA) is 96.0 Å². The largest absolute Gasteiger partial charge is 0.497 e. The van der Waals surface area contributed by atoms with E-state index in [1.54, 1.807) is 43.5 Å². The molecule has 0 fully saturated rings. The number of halogens is 2. The van der Waals surface area contributed by atoms with E-state index in [-0.39, 0.29) is 34.5 Å². The number of carbonyl (C=O) groups excluding carboxylic acids is 2. The highest BCUT2D eigenvalue weighted by atomic mass is 35.5. The fourth-order valence-electron chi connectivity index (χ4n) is 4.80. The van der Waals surface area contributed by atoms with E-state index >= 15 is 0 Å². The first-order chi connectivity index (χ1) is 21.6. The Morgan fingerprint density at radius 3 is 2.18 bits per heavy atom. The number of ether oxygens (including phenoxy) is 1. The van der Waals surface area contributed by atoms with Gasteiger partial charge in [0.25, 0.3) is 10.0 Å². The Bertz CT molecular complexity index is 1710. The Labute approximate surface area is 274 Å². The summed E-state index contributed by atoms with van der Waals surface area (Å²) < 4.78 is 34.5. The van der Waals surface area contributed by atoms with Gasteiger partial charge in [0.1, 0.15) is 18.3 Å². The summed E-state index contributed by atoms with van der Waals surface area (Å²) in [5.74, 6) is -0.369. The molecule has 0 aromatic heterocycles. The van der Waals surface area contributed by atoms with Crippen LogP contribution in [0.4, 0.5) is 5.69 Å². The first-order valence-corrected chi connectivity index (χ1v) is 16.6. The number of rotatable bonds is 14. The van der Waals surface area contributed by atoms with Crippen molar-refractivity contribution in [2.24, 2.45) is 0 Å². The maximum Gasteiger partial charge on any atom is 0.264 e. The lowest BCUT2D eigenvalue weighted by Gasteiger charge is -2.34. The number of carbonyl (C=O) groups is 2. The van der Waals surface area contributed by atoms with Crippen LogP contribution in [0.3, 0.4) is 0 Å². The van der Waals surface area contributed by atoms with Gasteiger partial charge in [-0.15, -0.1) is 0 Å². The van der Waals surface area contributed by atoms with Crippen LogP contribution >= 0.6 is 23.2 Å². The molecule has 0 bridgehead atoms. The average Bonchev–Trinajstić information content (AvgIpc) is 3.05. The van der Waals surface area contributed by atoms with Gasteiger partial charge in [0, 0.05) is 24.5 Å². The zero-order valence-corrected chi connectivity index (χ0v) is 27.4. The molecule has 0 saturated heterocycles. The molecule has 8 nitrogen and oxygen atoms in total. The van der Waals surface area contributed by atoms with Crippen molar-refractivity contribution in [3.8, 4) is 5.75 Å². The molecule has 2 amide bonds. The van der Waals surface area contributed by atoms with Gasteiger partial charge in [-0.1, -0.05) is 90.8 Å². The normalized spacial score (nSPS) is 11.8. The number of hydrogen-bond donors (Lipinski definition) is 1. The minimum atomic E-state index is -4.28. The molecule has 4 aromatic carbocycles. The second kappa shape index (κ2) is 15.8. The molecule has 11 heteroatoms. The predicted octanol–water partition coefficient (Wildman–Crippen LogP) is 6.36. The number of sulfonamides is 1. The average molecular weight is 669 g/mol. The predicted molar refractivity (Wildman–Crippen MR) is 178 cm³/mol. The Morgan fingerprint density at radius 2 is 1.53 bits per heavy atom. The van der Waals surface area contributed by atoms with Crippen LogP contribution in [-0.2, 0) is 32.6 Å². The van der Waals surface area contributed by atoms with Crippen LogP contribution in [0.5, 0.6) is 5.75 Å². The summed E-state index contributed by atoms with van der Waals surface area (Å²) in [6.07, 6.45) is 0.908. The number of nitrogens with zero attached hydrogens (tertiary/aromatic N) is 2. The second-order valence-corrected chi connectivity index (χ2v) is 13.0. The van der Waals surface area contributed by atoms with Crippen LogP contribution < -0.4 is 14.4 Å². The van der Waals surface area contributed by atoms with E-state index in [1.807, 2.05) is 43.3 Å². The fraction of sp³-hybridized carbons (Fsp3) is 0.235. The van der Waals surface area contributed by atoms with Crippen molar-refractivity contribution < 1.29 is 22.7 Å². The number of hydrogen-bond acceptors (Lipinski definition) is 5. The SMILES string of the molecule is CCCNC(=O)C(Cc1ccccc1)N(Cc1cccc(OC)c1)C(=O)CN(c1ccc(Cl)cc1Cl)S(=O)(=O)c1ccccc1. The van der Waals surface area contributed by atoms with Crippen molar-refractivity contribution in [3.05, 3.63) is 124 Å². The molecular formula is C34H35Cl2N3O5S. The summed E-state index contributed by atoms with van der Waals surface area (Å²) in [6, 6.07) is 27.7. The van der Waals surface area contributed by atoms with Crippen molar-refractivity contribution >= 4 is 50.7 Å². The van der Waals surface area contributed by atoms with Crippen LogP contribution in [0.15, 0.2) is 108 Å². The Balaban J connectivity index is 1.82. The summed E-state index contributed by atoms with van der Waals surface area (Å²) >= 11 is 12.7. The monoisotopic (exact) mass is 667 g/mol. The van der Waals surface area contributed by atoms with Gasteiger partial charge in [0.05, 0.1) is 22.7 Å². The summed E-state index contributed by atoms with van der Waals surface area (Å²) in [5.41, 5.74) is 1.62. The van der Waals surface area contributed by atoms with Gasteiger partial charge in [-0.3, -0.25) is 13.9 Å². The number of nitrogens with one attached hydrogen (secondary N) is 1. The van der Waals surface area contributed by atoms with E-state index in [0.29, 0.717) is 29.3 Å². The maximum atomic E-state index is 14.5. The van der Waals surface area contributed by atoms with Crippen molar-refractivity contribution in [2.75, 3.05) is 24.5 Å². The highest BCUT2D eigenvalue weighted by Gasteiger charge is 2.35. The molecule has 1 N–H and O–H groups in total. The molecule has 236 valence electrons. The molecule has 4 rings (SSSR count). The van der Waals surface area contributed by atoms with Crippen LogP contribution in [0.25, 0.3) is 0 Å². The highest BCUT2D eigenvalue weighted by Crippen LogP contribution is 2.33. The lowest BCUT2D eigenvalue weighted by atomic mass is 10.0. The van der Waals surface area contributed by atoms with Crippen molar-refractivity contribution in [3.63, 3.8) is 0 Å². The molecule has 45 heavy (non-hydrogen) atoms. The van der Waals surface area contributed by atoms with E-state index < -0.39 is 28.5 Å². The Kier molecular flexibility index (Phi) is 11.9.